The molecule has 0 unspecified atom stereocenters. The number of aromatic nitrogens is 6. The second-order valence-corrected chi connectivity index (χ2v) is 8.43. The number of thiophene rings is 1. The van der Waals surface area contributed by atoms with Crippen LogP contribution in [0.3, 0.4) is 0 Å². The van der Waals surface area contributed by atoms with Crippen LogP contribution in [0.15, 0.2) is 27.4 Å². The first-order valence-corrected chi connectivity index (χ1v) is 10.0. The molecule has 9 nitrogen and oxygen atoms in total. The van der Waals surface area contributed by atoms with E-state index in [2.05, 4.69) is 50.2 Å². The van der Waals surface area contributed by atoms with Crippen molar-refractivity contribution in [2.45, 2.75) is 27.7 Å². The van der Waals surface area contributed by atoms with Crippen molar-refractivity contribution in [2.24, 2.45) is 0 Å². The Morgan fingerprint density at radius 1 is 0.900 bits per heavy atom. The zero-order valence-electron chi connectivity index (χ0n) is 16.7. The first kappa shape index (κ1) is 18.4. The van der Waals surface area contributed by atoms with Crippen LogP contribution in [0, 0.1) is 27.7 Å². The molecule has 0 bridgehead atoms. The summed E-state index contributed by atoms with van der Waals surface area (Å²) in [6, 6.07) is 4.03. The second kappa shape index (κ2) is 6.70. The molecule has 150 valence electrons. The van der Waals surface area contributed by atoms with Crippen LogP contribution in [0.4, 0.5) is 5.82 Å². The lowest BCUT2D eigenvalue weighted by Gasteiger charge is -2.03. The smallest absolute Gasteiger partial charge is 0.259 e. The highest BCUT2D eigenvalue weighted by Crippen LogP contribution is 2.37. The standard InChI is InChI=1S/C20H17N7O2S/c1-8-5-12(10(3)30-8)15-6-13(16-9(2)26-29-20(16)24-15)19-25-18(27-28-19)14-7-22-11(4)23-17(14)21/h5-7H,1-4H3,(H2,21,22,23). The van der Waals surface area contributed by atoms with Crippen molar-refractivity contribution in [3.8, 4) is 34.1 Å². The van der Waals surface area contributed by atoms with E-state index in [1.807, 2.05) is 13.0 Å². The van der Waals surface area contributed by atoms with Gasteiger partial charge in [0.25, 0.3) is 11.6 Å². The summed E-state index contributed by atoms with van der Waals surface area (Å²) in [4.78, 5) is 19.9. The SMILES string of the molecule is Cc1ncc(-c2noc(-c3cc(-c4cc(C)sc4C)nc4onc(C)c34)n2)c(N)n1. The van der Waals surface area contributed by atoms with E-state index in [-0.39, 0.29) is 0 Å². The zero-order valence-corrected chi connectivity index (χ0v) is 17.5. The summed E-state index contributed by atoms with van der Waals surface area (Å²) < 4.78 is 11.0. The van der Waals surface area contributed by atoms with E-state index in [1.54, 1.807) is 24.5 Å². The predicted octanol–water partition coefficient (Wildman–Crippen LogP) is 4.27. The van der Waals surface area contributed by atoms with Crippen molar-refractivity contribution in [3.63, 3.8) is 0 Å². The van der Waals surface area contributed by atoms with Crippen molar-refractivity contribution in [1.82, 2.24) is 30.2 Å². The number of nitrogen functional groups attached to an aromatic ring is 1. The maximum atomic E-state index is 6.01. The average Bonchev–Trinajstić information content (AvgIpc) is 3.40. The minimum atomic E-state index is 0.293. The van der Waals surface area contributed by atoms with Crippen LogP contribution >= 0.6 is 11.3 Å². The molecule has 10 heteroatoms. The van der Waals surface area contributed by atoms with Gasteiger partial charge in [0.05, 0.1) is 27.9 Å². The summed E-state index contributed by atoms with van der Waals surface area (Å²) in [7, 11) is 0. The van der Waals surface area contributed by atoms with Gasteiger partial charge < -0.3 is 14.8 Å². The van der Waals surface area contributed by atoms with E-state index < -0.39 is 0 Å². The molecule has 0 saturated carbocycles. The Labute approximate surface area is 175 Å². The molecule has 0 spiro atoms. The van der Waals surface area contributed by atoms with Crippen LogP contribution in [-0.4, -0.2) is 30.2 Å². The Bertz CT molecular complexity index is 1420. The number of aryl methyl sites for hydroxylation is 4. The van der Waals surface area contributed by atoms with Crippen molar-refractivity contribution >= 4 is 28.3 Å². The van der Waals surface area contributed by atoms with Gasteiger partial charge in [0.15, 0.2) is 0 Å². The van der Waals surface area contributed by atoms with Gasteiger partial charge >= 0.3 is 0 Å². The number of fused-ring (bicyclic) bond motifs is 1. The van der Waals surface area contributed by atoms with Crippen LogP contribution in [0.5, 0.6) is 0 Å². The van der Waals surface area contributed by atoms with E-state index in [4.69, 9.17) is 14.8 Å². The summed E-state index contributed by atoms with van der Waals surface area (Å²) in [5.74, 6) is 1.49. The van der Waals surface area contributed by atoms with Gasteiger partial charge in [0, 0.05) is 21.5 Å². The molecule has 0 atom stereocenters. The Kier molecular flexibility index (Phi) is 4.10. The molecule has 5 heterocycles. The lowest BCUT2D eigenvalue weighted by Crippen LogP contribution is -1.99. The van der Waals surface area contributed by atoms with Crippen LogP contribution in [0.2, 0.25) is 0 Å². The van der Waals surface area contributed by atoms with Crippen LogP contribution < -0.4 is 5.73 Å². The van der Waals surface area contributed by atoms with Crippen molar-refractivity contribution in [2.75, 3.05) is 5.73 Å². The summed E-state index contributed by atoms with van der Waals surface area (Å²) >= 11 is 1.72. The third kappa shape index (κ3) is 2.92. The average molecular weight is 419 g/mol. The summed E-state index contributed by atoms with van der Waals surface area (Å²) in [5.41, 5.74) is 10.1. The van der Waals surface area contributed by atoms with E-state index in [1.165, 1.54) is 4.88 Å². The molecule has 2 N–H and O–H groups in total. The van der Waals surface area contributed by atoms with Gasteiger partial charge in [-0.15, -0.1) is 11.3 Å². The van der Waals surface area contributed by atoms with E-state index in [9.17, 15) is 0 Å². The van der Waals surface area contributed by atoms with Gasteiger partial charge in [-0.1, -0.05) is 10.3 Å². The molecule has 0 saturated heterocycles. The molecule has 0 aliphatic heterocycles. The van der Waals surface area contributed by atoms with Crippen LogP contribution in [0.1, 0.15) is 21.3 Å². The number of hydrogen-bond acceptors (Lipinski definition) is 10. The Balaban J connectivity index is 1.70. The highest BCUT2D eigenvalue weighted by Gasteiger charge is 2.22. The number of nitrogens with zero attached hydrogens (tertiary/aromatic N) is 6. The van der Waals surface area contributed by atoms with Gasteiger partial charge in [-0.2, -0.15) is 4.98 Å². The summed E-state index contributed by atoms with van der Waals surface area (Å²) in [5, 5.41) is 8.88. The molecule has 5 aromatic heterocycles. The fourth-order valence-electron chi connectivity index (χ4n) is 3.39. The quantitative estimate of drug-likeness (QED) is 0.455. The maximum Gasteiger partial charge on any atom is 0.259 e. The lowest BCUT2D eigenvalue weighted by molar-refractivity contribution is 0.432. The fourth-order valence-corrected chi connectivity index (χ4v) is 4.32. The number of hydrogen-bond donors (Lipinski definition) is 1. The topological polar surface area (TPSA) is 130 Å². The molecule has 30 heavy (non-hydrogen) atoms. The molecule has 0 radical (unpaired) electrons. The maximum absolute atomic E-state index is 6.01. The van der Waals surface area contributed by atoms with Gasteiger partial charge in [0.2, 0.25) is 5.82 Å². The predicted molar refractivity (Wildman–Crippen MR) is 113 cm³/mol. The Hall–Kier alpha value is -3.66. The number of anilines is 1. The minimum Gasteiger partial charge on any atom is -0.383 e. The second-order valence-electron chi connectivity index (χ2n) is 6.97. The summed E-state index contributed by atoms with van der Waals surface area (Å²) in [6.45, 7) is 7.74. The van der Waals surface area contributed by atoms with E-state index >= 15 is 0 Å². The molecule has 0 aromatic carbocycles. The third-order valence-corrected chi connectivity index (χ3v) is 5.74. The van der Waals surface area contributed by atoms with Gasteiger partial charge in [-0.25, -0.2) is 15.0 Å². The molecular weight excluding hydrogens is 402 g/mol. The van der Waals surface area contributed by atoms with E-state index in [0.29, 0.717) is 45.9 Å². The van der Waals surface area contributed by atoms with Crippen LogP contribution in [0.25, 0.3) is 45.2 Å². The van der Waals surface area contributed by atoms with Gasteiger partial charge in [0.1, 0.15) is 11.6 Å². The monoisotopic (exact) mass is 419 g/mol. The molecule has 5 rings (SSSR count). The Morgan fingerprint density at radius 2 is 1.73 bits per heavy atom. The molecular formula is C20H17N7O2S. The summed E-state index contributed by atoms with van der Waals surface area (Å²) in [6.07, 6.45) is 1.59. The first-order valence-electron chi connectivity index (χ1n) is 9.18. The molecule has 0 aliphatic carbocycles. The first-order chi connectivity index (χ1) is 14.4. The fraction of sp³-hybridized carbons (Fsp3) is 0.200. The highest BCUT2D eigenvalue weighted by molar-refractivity contribution is 7.12. The van der Waals surface area contributed by atoms with Gasteiger partial charge in [-0.3, -0.25) is 0 Å². The zero-order chi connectivity index (χ0) is 21.0. The van der Waals surface area contributed by atoms with Gasteiger partial charge in [-0.05, 0) is 39.8 Å². The highest BCUT2D eigenvalue weighted by atomic mass is 32.1. The molecule has 0 aliphatic rings. The van der Waals surface area contributed by atoms with E-state index in [0.717, 1.165) is 21.5 Å². The molecule has 5 aromatic rings. The number of pyridine rings is 1. The van der Waals surface area contributed by atoms with Crippen LogP contribution in [-0.2, 0) is 0 Å². The number of rotatable bonds is 3. The minimum absolute atomic E-state index is 0.293. The largest absolute Gasteiger partial charge is 0.383 e. The molecule has 0 fully saturated rings. The Morgan fingerprint density at radius 3 is 2.47 bits per heavy atom. The number of nitrogens with two attached hydrogens (primary N) is 1. The lowest BCUT2D eigenvalue weighted by atomic mass is 10.1. The molecule has 0 amide bonds. The normalized spacial score (nSPS) is 11.5. The van der Waals surface area contributed by atoms with Crippen molar-refractivity contribution in [1.29, 1.82) is 0 Å². The van der Waals surface area contributed by atoms with Crippen molar-refractivity contribution in [3.05, 3.63) is 39.6 Å². The third-order valence-electron chi connectivity index (χ3n) is 4.77. The van der Waals surface area contributed by atoms with Crippen molar-refractivity contribution < 1.29 is 9.05 Å².